The number of hydrogen-bond acceptors (Lipinski definition) is 3. The maximum absolute atomic E-state index is 12.6. The van der Waals surface area contributed by atoms with E-state index < -0.39 is 0 Å². The molecule has 2 aromatic rings. The number of nitrogens with zero attached hydrogens (tertiary/aromatic N) is 1. The van der Waals surface area contributed by atoms with Gasteiger partial charge in [0.25, 0.3) is 5.91 Å². The Morgan fingerprint density at radius 1 is 1.26 bits per heavy atom. The van der Waals surface area contributed by atoms with Crippen molar-refractivity contribution in [2.45, 2.75) is 11.3 Å². The second-order valence-electron chi connectivity index (χ2n) is 4.86. The summed E-state index contributed by atoms with van der Waals surface area (Å²) >= 11 is 1.83. The highest BCUT2D eigenvalue weighted by molar-refractivity contribution is 8.00. The Hall–Kier alpha value is -1.68. The van der Waals surface area contributed by atoms with Gasteiger partial charge in [0.1, 0.15) is 4.87 Å². The van der Waals surface area contributed by atoms with Crippen LogP contribution in [0.15, 0.2) is 47.3 Å². The lowest BCUT2D eigenvalue weighted by atomic mass is 9.99. The average molecular weight is 271 g/mol. The van der Waals surface area contributed by atoms with Crippen molar-refractivity contribution in [1.82, 2.24) is 4.90 Å². The summed E-state index contributed by atoms with van der Waals surface area (Å²) in [5.74, 6) is 1.20. The van der Waals surface area contributed by atoms with Crippen LogP contribution in [0, 0.1) is 0 Å². The first kappa shape index (κ1) is 11.2. The number of fused-ring (bicyclic) bond motifs is 3. The number of hydrogen-bond donors (Lipinski definition) is 0. The molecular formula is C15H13NO2S. The summed E-state index contributed by atoms with van der Waals surface area (Å²) in [6.45, 7) is 0.811. The van der Waals surface area contributed by atoms with Crippen molar-refractivity contribution in [2.24, 2.45) is 0 Å². The van der Waals surface area contributed by atoms with Crippen LogP contribution in [0.25, 0.3) is 0 Å². The number of furan rings is 1. The Kier molecular flexibility index (Phi) is 2.30. The lowest BCUT2D eigenvalue weighted by Gasteiger charge is -2.41. The molecule has 96 valence electrons. The summed E-state index contributed by atoms with van der Waals surface area (Å²) in [4.78, 5) is 14.2. The van der Waals surface area contributed by atoms with Crippen LogP contribution >= 0.6 is 11.8 Å². The largest absolute Gasteiger partial charge is 0.472 e. The molecule has 0 saturated carbocycles. The molecule has 1 amide bonds. The topological polar surface area (TPSA) is 33.5 Å². The molecule has 4 heteroatoms. The molecule has 1 aromatic heterocycles. The summed E-state index contributed by atoms with van der Waals surface area (Å²) in [5, 5.41) is 0. The quantitative estimate of drug-likeness (QED) is 0.799. The minimum atomic E-state index is -0.376. The first-order chi connectivity index (χ1) is 9.34. The number of amides is 1. The summed E-state index contributed by atoms with van der Waals surface area (Å²) in [6.07, 6.45) is 4.49. The molecule has 19 heavy (non-hydrogen) atoms. The highest BCUT2D eigenvalue weighted by Crippen LogP contribution is 2.53. The highest BCUT2D eigenvalue weighted by Gasteiger charge is 2.52. The van der Waals surface area contributed by atoms with Crippen LogP contribution in [0.3, 0.4) is 0 Å². The van der Waals surface area contributed by atoms with Gasteiger partial charge in [0.15, 0.2) is 0 Å². The van der Waals surface area contributed by atoms with E-state index in [-0.39, 0.29) is 10.8 Å². The van der Waals surface area contributed by atoms with Gasteiger partial charge in [0.2, 0.25) is 0 Å². The molecule has 0 aliphatic carbocycles. The van der Waals surface area contributed by atoms with E-state index in [9.17, 15) is 4.79 Å². The normalized spacial score (nSPS) is 25.3. The third-order valence-corrected chi connectivity index (χ3v) is 5.48. The van der Waals surface area contributed by atoms with Gasteiger partial charge in [-0.3, -0.25) is 4.79 Å². The maximum Gasteiger partial charge on any atom is 0.255 e. The van der Waals surface area contributed by atoms with Crippen molar-refractivity contribution in [3.8, 4) is 0 Å². The molecule has 2 aliphatic heterocycles. The van der Waals surface area contributed by atoms with Gasteiger partial charge in [-0.1, -0.05) is 18.2 Å². The standard InChI is InChI=1S/C15H13NO2S/c17-14-12-4-1-2-5-13(12)15(11-6-8-18-10-11)16(14)7-3-9-19-15/h1-2,4-6,8,10H,3,7,9H2. The predicted molar refractivity (Wildman–Crippen MR) is 74.0 cm³/mol. The zero-order valence-electron chi connectivity index (χ0n) is 10.3. The zero-order valence-corrected chi connectivity index (χ0v) is 11.2. The summed E-state index contributed by atoms with van der Waals surface area (Å²) in [5.41, 5.74) is 3.00. The molecule has 4 rings (SSSR count). The second kappa shape index (κ2) is 3.90. The van der Waals surface area contributed by atoms with Crippen molar-refractivity contribution >= 4 is 17.7 Å². The van der Waals surface area contributed by atoms with Crippen molar-refractivity contribution < 1.29 is 9.21 Å². The van der Waals surface area contributed by atoms with E-state index in [2.05, 4.69) is 6.07 Å². The smallest absolute Gasteiger partial charge is 0.255 e. The molecule has 1 saturated heterocycles. The molecule has 1 atom stereocenters. The van der Waals surface area contributed by atoms with Crippen LogP contribution in [0.4, 0.5) is 0 Å². The Bertz CT molecular complexity index is 637. The molecule has 1 fully saturated rings. The van der Waals surface area contributed by atoms with E-state index in [1.165, 1.54) is 0 Å². The SMILES string of the molecule is O=C1c2ccccc2C2(c3ccoc3)SCCCN12. The molecular weight excluding hydrogens is 258 g/mol. The molecule has 3 nitrogen and oxygen atoms in total. The van der Waals surface area contributed by atoms with Crippen LogP contribution in [0.1, 0.15) is 27.9 Å². The van der Waals surface area contributed by atoms with Crippen LogP contribution < -0.4 is 0 Å². The van der Waals surface area contributed by atoms with Gasteiger partial charge >= 0.3 is 0 Å². The molecule has 0 spiro atoms. The third kappa shape index (κ3) is 1.32. The summed E-state index contributed by atoms with van der Waals surface area (Å²) in [6, 6.07) is 9.91. The van der Waals surface area contributed by atoms with Gasteiger partial charge in [-0.2, -0.15) is 0 Å². The van der Waals surface area contributed by atoms with Gasteiger partial charge in [0.05, 0.1) is 12.5 Å². The Labute approximate surface area is 115 Å². The van der Waals surface area contributed by atoms with Crippen molar-refractivity contribution in [3.05, 3.63) is 59.5 Å². The van der Waals surface area contributed by atoms with E-state index in [0.717, 1.165) is 35.4 Å². The zero-order chi connectivity index (χ0) is 12.9. The average Bonchev–Trinajstić information content (AvgIpc) is 3.07. The molecule has 0 bridgehead atoms. The first-order valence-electron chi connectivity index (χ1n) is 6.42. The summed E-state index contributed by atoms with van der Waals surface area (Å²) < 4.78 is 5.27. The Morgan fingerprint density at radius 2 is 2.16 bits per heavy atom. The minimum absolute atomic E-state index is 0.143. The number of benzene rings is 1. The molecule has 0 radical (unpaired) electrons. The lowest BCUT2D eigenvalue weighted by molar-refractivity contribution is 0.0716. The minimum Gasteiger partial charge on any atom is -0.472 e. The number of carbonyl (C=O) groups excluding carboxylic acids is 1. The van der Waals surface area contributed by atoms with Gasteiger partial charge in [-0.25, -0.2) is 0 Å². The van der Waals surface area contributed by atoms with E-state index in [1.54, 1.807) is 12.5 Å². The highest BCUT2D eigenvalue weighted by atomic mass is 32.2. The monoisotopic (exact) mass is 271 g/mol. The van der Waals surface area contributed by atoms with Crippen LogP contribution in [-0.2, 0) is 4.87 Å². The van der Waals surface area contributed by atoms with Crippen LogP contribution in [0.5, 0.6) is 0 Å². The Morgan fingerprint density at radius 3 is 3.00 bits per heavy atom. The lowest BCUT2D eigenvalue weighted by Crippen LogP contribution is -2.45. The fourth-order valence-electron chi connectivity index (χ4n) is 3.11. The number of thioether (sulfide) groups is 1. The maximum atomic E-state index is 12.6. The van der Waals surface area contributed by atoms with Crippen molar-refractivity contribution in [3.63, 3.8) is 0 Å². The first-order valence-corrected chi connectivity index (χ1v) is 7.41. The van der Waals surface area contributed by atoms with E-state index in [0.29, 0.717) is 0 Å². The Balaban J connectivity index is 2.01. The van der Waals surface area contributed by atoms with Gasteiger partial charge in [-0.15, -0.1) is 11.8 Å². The van der Waals surface area contributed by atoms with E-state index >= 15 is 0 Å². The fourth-order valence-corrected chi connectivity index (χ4v) is 4.62. The van der Waals surface area contributed by atoms with E-state index in [1.807, 2.05) is 40.9 Å². The summed E-state index contributed by atoms with van der Waals surface area (Å²) in [7, 11) is 0. The third-order valence-electron chi connectivity index (χ3n) is 3.90. The second-order valence-corrected chi connectivity index (χ2v) is 6.15. The van der Waals surface area contributed by atoms with Crippen LogP contribution in [0.2, 0.25) is 0 Å². The molecule has 1 aromatic carbocycles. The molecule has 3 heterocycles. The molecule has 1 unspecified atom stereocenters. The van der Waals surface area contributed by atoms with E-state index in [4.69, 9.17) is 4.42 Å². The van der Waals surface area contributed by atoms with Crippen molar-refractivity contribution in [2.75, 3.05) is 12.3 Å². The number of carbonyl (C=O) groups is 1. The molecule has 0 N–H and O–H groups in total. The number of rotatable bonds is 1. The fraction of sp³-hybridized carbons (Fsp3) is 0.267. The van der Waals surface area contributed by atoms with Crippen LogP contribution in [-0.4, -0.2) is 23.1 Å². The van der Waals surface area contributed by atoms with Gasteiger partial charge in [-0.05, 0) is 24.3 Å². The molecule has 2 aliphatic rings. The van der Waals surface area contributed by atoms with Gasteiger partial charge in [0, 0.05) is 23.2 Å². The van der Waals surface area contributed by atoms with Crippen molar-refractivity contribution in [1.29, 1.82) is 0 Å². The van der Waals surface area contributed by atoms with Gasteiger partial charge < -0.3 is 9.32 Å². The predicted octanol–water partition coefficient (Wildman–Crippen LogP) is 3.07.